The number of aryl methyl sites for hydroxylation is 1. The van der Waals surface area contributed by atoms with Crippen molar-refractivity contribution in [1.82, 2.24) is 10.2 Å². The standard InChI is InChI=1S/C24H29N3O3.C2H6.H2/c1-6-26-9-11-27(12-10-26)20-8-7-17(2)23(15-20)24(28)25-18(3)19-13-21(29-4)16-22(14-19)30-5;1-2;/h7-16,18H,6H2,1-5H3,(H,25,28);1-2H3;1H/t18-;;/m1../s1. The maximum Gasteiger partial charge on any atom is 0.252 e. The van der Waals surface area contributed by atoms with Crippen LogP contribution < -0.4 is 19.7 Å². The van der Waals surface area contributed by atoms with E-state index in [9.17, 15) is 4.79 Å². The van der Waals surface area contributed by atoms with E-state index in [1.807, 2.05) is 93.8 Å². The SMILES string of the molecule is CC.CCN1C=CN(c2ccc(C)c(C(=O)N[C@H](C)c3cc(OC)cc(OC)c3)c2)C=C1.[HH]. The smallest absolute Gasteiger partial charge is 0.252 e. The summed E-state index contributed by atoms with van der Waals surface area (Å²) in [6.45, 7) is 10.9. The van der Waals surface area contributed by atoms with Gasteiger partial charge in [0.1, 0.15) is 11.5 Å². The third-order valence-electron chi connectivity index (χ3n) is 5.19. The minimum absolute atomic E-state index is 0. The zero-order chi connectivity index (χ0) is 23.7. The third-order valence-corrected chi connectivity index (χ3v) is 5.19. The maximum absolute atomic E-state index is 13.1. The predicted molar refractivity (Wildman–Crippen MR) is 133 cm³/mol. The molecule has 0 aromatic heterocycles. The van der Waals surface area contributed by atoms with Gasteiger partial charge in [0.15, 0.2) is 0 Å². The summed E-state index contributed by atoms with van der Waals surface area (Å²) < 4.78 is 10.7. The molecule has 1 aliphatic heterocycles. The summed E-state index contributed by atoms with van der Waals surface area (Å²) in [5, 5.41) is 3.09. The second-order valence-electron chi connectivity index (χ2n) is 7.17. The Hall–Kier alpha value is -3.41. The summed E-state index contributed by atoms with van der Waals surface area (Å²) in [6.07, 6.45) is 8.00. The minimum atomic E-state index is -0.211. The molecule has 174 valence electrons. The summed E-state index contributed by atoms with van der Waals surface area (Å²) in [6, 6.07) is 11.3. The normalized spacial score (nSPS) is 13.2. The van der Waals surface area contributed by atoms with E-state index in [-0.39, 0.29) is 13.4 Å². The van der Waals surface area contributed by atoms with Gasteiger partial charge in [-0.25, -0.2) is 0 Å². The molecule has 1 atom stereocenters. The molecule has 0 saturated heterocycles. The zero-order valence-corrected chi connectivity index (χ0v) is 20.2. The predicted octanol–water partition coefficient (Wildman–Crippen LogP) is 5.86. The van der Waals surface area contributed by atoms with Crippen molar-refractivity contribution in [2.45, 2.75) is 40.7 Å². The molecular formula is C26H37N3O3. The first-order valence-electron chi connectivity index (χ1n) is 11.0. The van der Waals surface area contributed by atoms with Crippen LogP contribution in [0.15, 0.2) is 61.2 Å². The molecule has 0 saturated carbocycles. The van der Waals surface area contributed by atoms with Gasteiger partial charge in [0.2, 0.25) is 0 Å². The minimum Gasteiger partial charge on any atom is -0.497 e. The van der Waals surface area contributed by atoms with E-state index in [1.54, 1.807) is 14.2 Å². The molecule has 1 aliphatic rings. The van der Waals surface area contributed by atoms with Gasteiger partial charge in [0, 0.05) is 50.1 Å². The lowest BCUT2D eigenvalue weighted by molar-refractivity contribution is 0.0939. The van der Waals surface area contributed by atoms with E-state index in [0.29, 0.717) is 17.1 Å². The van der Waals surface area contributed by atoms with E-state index in [1.165, 1.54) is 0 Å². The fourth-order valence-corrected chi connectivity index (χ4v) is 3.25. The Bertz CT molecular complexity index is 939. The number of nitrogens with one attached hydrogen (secondary N) is 1. The number of hydrogen-bond acceptors (Lipinski definition) is 5. The van der Waals surface area contributed by atoms with Crippen molar-refractivity contribution in [3.8, 4) is 11.5 Å². The van der Waals surface area contributed by atoms with Gasteiger partial charge >= 0.3 is 0 Å². The fraction of sp³-hybridized carbons (Fsp3) is 0.346. The largest absolute Gasteiger partial charge is 0.497 e. The summed E-state index contributed by atoms with van der Waals surface area (Å²) in [5.41, 5.74) is 3.42. The number of rotatable bonds is 7. The number of methoxy groups -OCH3 is 2. The lowest BCUT2D eigenvalue weighted by atomic mass is 10.0. The summed E-state index contributed by atoms with van der Waals surface area (Å²) in [4.78, 5) is 17.1. The Morgan fingerprint density at radius 2 is 1.59 bits per heavy atom. The van der Waals surface area contributed by atoms with Crippen LogP contribution >= 0.6 is 0 Å². The van der Waals surface area contributed by atoms with Crippen molar-refractivity contribution >= 4 is 11.6 Å². The number of carbonyl (C=O) groups excluding carboxylic acids is 1. The van der Waals surface area contributed by atoms with Gasteiger partial charge in [-0.3, -0.25) is 4.79 Å². The van der Waals surface area contributed by atoms with Gasteiger partial charge in [0.05, 0.1) is 20.3 Å². The molecule has 2 aromatic rings. The molecule has 0 spiro atoms. The highest BCUT2D eigenvalue weighted by atomic mass is 16.5. The van der Waals surface area contributed by atoms with Gasteiger partial charge in [-0.05, 0) is 56.2 Å². The number of carbonyl (C=O) groups is 1. The van der Waals surface area contributed by atoms with Crippen LogP contribution in [0.25, 0.3) is 0 Å². The van der Waals surface area contributed by atoms with Crippen LogP contribution in [0, 0.1) is 6.92 Å². The molecule has 1 amide bonds. The van der Waals surface area contributed by atoms with Crippen LogP contribution in [0.4, 0.5) is 5.69 Å². The number of nitrogens with zero attached hydrogens (tertiary/aromatic N) is 2. The Balaban J connectivity index is 0.00000177. The Labute approximate surface area is 193 Å². The average Bonchev–Trinajstić information content (AvgIpc) is 2.85. The van der Waals surface area contributed by atoms with E-state index < -0.39 is 0 Å². The van der Waals surface area contributed by atoms with Gasteiger partial charge < -0.3 is 24.6 Å². The molecule has 1 N–H and O–H groups in total. The first-order chi connectivity index (χ1) is 15.4. The van der Waals surface area contributed by atoms with Crippen molar-refractivity contribution in [3.63, 3.8) is 0 Å². The maximum atomic E-state index is 13.1. The van der Waals surface area contributed by atoms with E-state index in [2.05, 4.69) is 17.1 Å². The Morgan fingerprint density at radius 3 is 2.12 bits per heavy atom. The van der Waals surface area contributed by atoms with Crippen molar-refractivity contribution in [3.05, 3.63) is 77.9 Å². The number of hydrogen-bond donors (Lipinski definition) is 1. The van der Waals surface area contributed by atoms with Crippen molar-refractivity contribution in [1.29, 1.82) is 0 Å². The second-order valence-corrected chi connectivity index (χ2v) is 7.17. The number of benzene rings is 2. The van der Waals surface area contributed by atoms with Crippen LogP contribution in [-0.4, -0.2) is 31.6 Å². The van der Waals surface area contributed by atoms with Crippen molar-refractivity contribution < 1.29 is 15.7 Å². The molecule has 6 heteroatoms. The van der Waals surface area contributed by atoms with Gasteiger partial charge in [-0.1, -0.05) is 19.9 Å². The molecule has 1 heterocycles. The van der Waals surface area contributed by atoms with Gasteiger partial charge in [-0.2, -0.15) is 0 Å². The average molecular weight is 440 g/mol. The van der Waals surface area contributed by atoms with E-state index in [0.717, 1.165) is 23.4 Å². The molecule has 0 fully saturated rings. The zero-order valence-electron chi connectivity index (χ0n) is 20.2. The van der Waals surface area contributed by atoms with Crippen LogP contribution in [0.2, 0.25) is 0 Å². The highest BCUT2D eigenvalue weighted by molar-refractivity contribution is 5.97. The first kappa shape index (κ1) is 24.9. The molecule has 3 rings (SSSR count). The van der Waals surface area contributed by atoms with Gasteiger partial charge in [-0.15, -0.1) is 0 Å². The molecule has 32 heavy (non-hydrogen) atoms. The fourth-order valence-electron chi connectivity index (χ4n) is 3.25. The molecule has 2 aromatic carbocycles. The summed E-state index contributed by atoms with van der Waals surface area (Å²) in [5.74, 6) is 1.26. The molecule has 0 unspecified atom stereocenters. The topological polar surface area (TPSA) is 54.0 Å². The number of anilines is 1. The molecule has 6 nitrogen and oxygen atoms in total. The first-order valence-corrected chi connectivity index (χ1v) is 11.0. The van der Waals surface area contributed by atoms with Crippen LogP contribution in [0.1, 0.15) is 56.6 Å². The Kier molecular flexibility index (Phi) is 9.20. The highest BCUT2D eigenvalue weighted by Gasteiger charge is 2.17. The quantitative estimate of drug-likeness (QED) is 0.586. The number of ether oxygens (including phenoxy) is 2. The second kappa shape index (κ2) is 11.8. The molecular weight excluding hydrogens is 402 g/mol. The van der Waals surface area contributed by atoms with Crippen LogP contribution in [-0.2, 0) is 0 Å². The van der Waals surface area contributed by atoms with Crippen LogP contribution in [0.3, 0.4) is 0 Å². The monoisotopic (exact) mass is 439 g/mol. The highest BCUT2D eigenvalue weighted by Crippen LogP contribution is 2.27. The lowest BCUT2D eigenvalue weighted by Crippen LogP contribution is -2.27. The lowest BCUT2D eigenvalue weighted by Gasteiger charge is -2.25. The Morgan fingerprint density at radius 1 is 1.00 bits per heavy atom. The van der Waals surface area contributed by atoms with E-state index >= 15 is 0 Å². The molecule has 0 radical (unpaired) electrons. The third kappa shape index (κ3) is 6.06. The molecule has 0 bridgehead atoms. The van der Waals surface area contributed by atoms with Gasteiger partial charge in [0.25, 0.3) is 5.91 Å². The summed E-state index contributed by atoms with van der Waals surface area (Å²) in [7, 11) is 3.22. The van der Waals surface area contributed by atoms with Crippen molar-refractivity contribution in [2.75, 3.05) is 25.7 Å². The molecule has 0 aliphatic carbocycles. The summed E-state index contributed by atoms with van der Waals surface area (Å²) >= 11 is 0. The number of amides is 1. The van der Waals surface area contributed by atoms with Crippen LogP contribution in [0.5, 0.6) is 11.5 Å². The van der Waals surface area contributed by atoms with E-state index in [4.69, 9.17) is 9.47 Å². The van der Waals surface area contributed by atoms with Crippen molar-refractivity contribution in [2.24, 2.45) is 0 Å².